The Kier molecular flexibility index (Phi) is 8.82. The summed E-state index contributed by atoms with van der Waals surface area (Å²) in [7, 11) is 1.79. The minimum atomic E-state index is -0.467. The maximum Gasteiger partial charge on any atom is 0.410 e. The highest BCUT2D eigenvalue weighted by Crippen LogP contribution is 2.15. The van der Waals surface area contributed by atoms with E-state index < -0.39 is 5.60 Å². The summed E-state index contributed by atoms with van der Waals surface area (Å²) in [5.74, 6) is 1.31. The van der Waals surface area contributed by atoms with Crippen LogP contribution >= 0.6 is 0 Å². The molecule has 2 saturated heterocycles. The molecule has 0 aromatic heterocycles. The molecule has 8 nitrogen and oxygen atoms in total. The maximum atomic E-state index is 12.3. The van der Waals surface area contributed by atoms with Gasteiger partial charge in [-0.3, -0.25) is 9.89 Å². The van der Waals surface area contributed by atoms with E-state index in [1.165, 1.54) is 0 Å². The largest absolute Gasteiger partial charge is 0.444 e. The molecule has 2 heterocycles. The molecule has 0 saturated carbocycles. The summed E-state index contributed by atoms with van der Waals surface area (Å²) in [6, 6.07) is 0.182. The number of guanidine groups is 1. The van der Waals surface area contributed by atoms with Gasteiger partial charge < -0.3 is 25.0 Å². The van der Waals surface area contributed by atoms with E-state index in [2.05, 4.69) is 27.4 Å². The Balaban J connectivity index is 1.74. The fourth-order valence-corrected chi connectivity index (χ4v) is 3.54. The molecule has 2 aliphatic rings. The molecule has 2 N–H and O–H groups in total. The van der Waals surface area contributed by atoms with Crippen molar-refractivity contribution >= 4 is 12.1 Å². The average molecular weight is 398 g/mol. The predicted octanol–water partition coefficient (Wildman–Crippen LogP) is 1.52. The maximum absolute atomic E-state index is 12.3. The van der Waals surface area contributed by atoms with Gasteiger partial charge in [0.2, 0.25) is 0 Å². The minimum absolute atomic E-state index is 0.182. The predicted molar refractivity (Wildman–Crippen MR) is 112 cm³/mol. The third kappa shape index (κ3) is 8.22. The Morgan fingerprint density at radius 1 is 1.29 bits per heavy atom. The molecule has 0 aromatic carbocycles. The fraction of sp³-hybridized carbons (Fsp3) is 0.900. The fourth-order valence-electron chi connectivity index (χ4n) is 3.54. The lowest BCUT2D eigenvalue weighted by Crippen LogP contribution is -2.53. The van der Waals surface area contributed by atoms with Crippen LogP contribution < -0.4 is 10.6 Å². The zero-order valence-electron chi connectivity index (χ0n) is 18.3. The number of amides is 1. The number of carbonyl (C=O) groups is 1. The van der Waals surface area contributed by atoms with Crippen LogP contribution in [0.2, 0.25) is 0 Å². The Hall–Kier alpha value is -1.54. The summed E-state index contributed by atoms with van der Waals surface area (Å²) in [5.41, 5.74) is -0.467. The SMILES string of the molecule is CN=C(NCC(C)CN1CCOCC1)NC1CCCN(C(=O)OC(C)(C)C)C1. The van der Waals surface area contributed by atoms with Crippen LogP contribution in [0.5, 0.6) is 0 Å². The number of rotatable bonds is 5. The second-order valence-corrected chi connectivity index (χ2v) is 8.88. The van der Waals surface area contributed by atoms with Crippen LogP contribution in [0.15, 0.2) is 4.99 Å². The van der Waals surface area contributed by atoms with E-state index in [4.69, 9.17) is 9.47 Å². The monoisotopic (exact) mass is 397 g/mol. The first-order chi connectivity index (χ1) is 13.3. The first-order valence-corrected chi connectivity index (χ1v) is 10.5. The van der Waals surface area contributed by atoms with Crippen molar-refractivity contribution in [3.8, 4) is 0 Å². The van der Waals surface area contributed by atoms with Crippen LogP contribution in [0.25, 0.3) is 0 Å². The molecule has 8 heteroatoms. The zero-order valence-corrected chi connectivity index (χ0v) is 18.3. The first-order valence-electron chi connectivity index (χ1n) is 10.5. The highest BCUT2D eigenvalue weighted by atomic mass is 16.6. The normalized spacial score (nSPS) is 23.2. The molecule has 28 heavy (non-hydrogen) atoms. The first kappa shape index (κ1) is 22.7. The summed E-state index contributed by atoms with van der Waals surface area (Å²) in [5, 5.41) is 6.90. The molecular formula is C20H39N5O3. The Morgan fingerprint density at radius 3 is 2.64 bits per heavy atom. The number of hydrogen-bond acceptors (Lipinski definition) is 5. The van der Waals surface area contributed by atoms with Gasteiger partial charge in [-0.2, -0.15) is 0 Å². The van der Waals surface area contributed by atoms with Crippen molar-refractivity contribution in [2.24, 2.45) is 10.9 Å². The highest BCUT2D eigenvalue weighted by Gasteiger charge is 2.28. The molecule has 2 fully saturated rings. The number of morpholine rings is 1. The third-order valence-electron chi connectivity index (χ3n) is 4.93. The van der Waals surface area contributed by atoms with Crippen molar-refractivity contribution in [3.05, 3.63) is 0 Å². The Morgan fingerprint density at radius 2 is 2.00 bits per heavy atom. The van der Waals surface area contributed by atoms with E-state index in [9.17, 15) is 4.79 Å². The molecule has 2 rings (SSSR count). The van der Waals surface area contributed by atoms with E-state index in [0.29, 0.717) is 12.5 Å². The van der Waals surface area contributed by atoms with Gasteiger partial charge >= 0.3 is 6.09 Å². The van der Waals surface area contributed by atoms with Crippen LogP contribution in [-0.2, 0) is 9.47 Å². The summed E-state index contributed by atoms with van der Waals surface area (Å²) >= 11 is 0. The molecular weight excluding hydrogens is 358 g/mol. The lowest BCUT2D eigenvalue weighted by molar-refractivity contribution is 0.0193. The lowest BCUT2D eigenvalue weighted by atomic mass is 10.1. The van der Waals surface area contributed by atoms with E-state index >= 15 is 0 Å². The molecule has 2 atom stereocenters. The molecule has 1 amide bonds. The van der Waals surface area contributed by atoms with E-state index in [1.54, 1.807) is 11.9 Å². The van der Waals surface area contributed by atoms with Crippen LogP contribution in [0, 0.1) is 5.92 Å². The summed E-state index contributed by atoms with van der Waals surface area (Å²) < 4.78 is 10.9. The molecule has 0 aromatic rings. The van der Waals surface area contributed by atoms with Crippen LogP contribution in [0.4, 0.5) is 4.79 Å². The number of nitrogens with one attached hydrogen (secondary N) is 2. The van der Waals surface area contributed by atoms with Gasteiger partial charge in [-0.15, -0.1) is 0 Å². The second kappa shape index (κ2) is 10.9. The van der Waals surface area contributed by atoms with Crippen molar-refractivity contribution in [1.29, 1.82) is 0 Å². The van der Waals surface area contributed by atoms with Crippen molar-refractivity contribution in [1.82, 2.24) is 20.4 Å². The second-order valence-electron chi connectivity index (χ2n) is 8.88. The molecule has 2 aliphatic heterocycles. The van der Waals surface area contributed by atoms with E-state index in [-0.39, 0.29) is 12.1 Å². The number of piperidine rings is 1. The van der Waals surface area contributed by atoms with Crippen molar-refractivity contribution < 1.29 is 14.3 Å². The summed E-state index contributed by atoms with van der Waals surface area (Å²) in [6.07, 6.45) is 1.74. The zero-order chi connectivity index (χ0) is 20.6. The van der Waals surface area contributed by atoms with E-state index in [1.807, 2.05) is 20.8 Å². The molecule has 0 spiro atoms. The number of nitrogens with zero attached hydrogens (tertiary/aromatic N) is 3. The summed E-state index contributed by atoms with van der Waals surface area (Å²) in [4.78, 5) is 20.9. The van der Waals surface area contributed by atoms with Gasteiger partial charge in [0.05, 0.1) is 13.2 Å². The standard InChI is InChI=1S/C20H39N5O3/c1-16(14-24-9-11-27-12-10-24)13-22-18(21-5)23-17-7-6-8-25(15-17)19(26)28-20(2,3)4/h16-17H,6-15H2,1-5H3,(H2,21,22,23). The summed E-state index contributed by atoms with van der Waals surface area (Å²) in [6.45, 7) is 14.9. The third-order valence-corrected chi connectivity index (χ3v) is 4.93. The van der Waals surface area contributed by atoms with Crippen LogP contribution in [0.1, 0.15) is 40.5 Å². The van der Waals surface area contributed by atoms with Crippen molar-refractivity contribution in [2.75, 3.05) is 59.5 Å². The number of hydrogen-bond donors (Lipinski definition) is 2. The number of carbonyl (C=O) groups excluding carboxylic acids is 1. The average Bonchev–Trinajstić information content (AvgIpc) is 2.65. The molecule has 162 valence electrons. The number of ether oxygens (including phenoxy) is 2. The molecule has 0 aliphatic carbocycles. The number of likely N-dealkylation sites (tertiary alicyclic amines) is 1. The van der Waals surface area contributed by atoms with E-state index in [0.717, 1.165) is 64.7 Å². The van der Waals surface area contributed by atoms with Gasteiger partial charge in [-0.1, -0.05) is 6.92 Å². The Labute approximate surface area is 170 Å². The van der Waals surface area contributed by atoms with Gasteiger partial charge in [0.1, 0.15) is 5.60 Å². The molecule has 0 radical (unpaired) electrons. The topological polar surface area (TPSA) is 78.4 Å². The quantitative estimate of drug-likeness (QED) is 0.541. The van der Waals surface area contributed by atoms with Gasteiger partial charge in [-0.25, -0.2) is 4.79 Å². The highest BCUT2D eigenvalue weighted by molar-refractivity contribution is 5.80. The number of aliphatic imine (C=N–C) groups is 1. The van der Waals surface area contributed by atoms with Gasteiger partial charge in [0.15, 0.2) is 5.96 Å². The molecule has 0 bridgehead atoms. The van der Waals surface area contributed by atoms with Crippen LogP contribution in [0.3, 0.4) is 0 Å². The van der Waals surface area contributed by atoms with Crippen molar-refractivity contribution in [3.63, 3.8) is 0 Å². The molecule has 2 unspecified atom stereocenters. The van der Waals surface area contributed by atoms with Gasteiger partial charge in [0, 0.05) is 52.4 Å². The Bertz CT molecular complexity index is 514. The van der Waals surface area contributed by atoms with Gasteiger partial charge in [0.25, 0.3) is 0 Å². The van der Waals surface area contributed by atoms with Crippen LogP contribution in [-0.4, -0.2) is 93.0 Å². The lowest BCUT2D eigenvalue weighted by Gasteiger charge is -2.35. The smallest absolute Gasteiger partial charge is 0.410 e. The minimum Gasteiger partial charge on any atom is -0.444 e. The van der Waals surface area contributed by atoms with Crippen molar-refractivity contribution in [2.45, 2.75) is 52.2 Å². The van der Waals surface area contributed by atoms with Gasteiger partial charge in [-0.05, 0) is 39.5 Å².